The number of fused-ring (bicyclic) bond motifs is 1. The maximum Gasteiger partial charge on any atom is 0.322 e. The van der Waals surface area contributed by atoms with E-state index in [0.29, 0.717) is 25.9 Å². The molecule has 1 aromatic carbocycles. The summed E-state index contributed by atoms with van der Waals surface area (Å²) in [6.07, 6.45) is 1.40. The number of carbonyl (C=O) groups excluding carboxylic acids is 1. The normalized spacial score (nSPS) is 13.8. The predicted octanol–water partition coefficient (Wildman–Crippen LogP) is 1.91. The molecule has 0 atom stereocenters. The molecule has 1 aliphatic heterocycles. The van der Waals surface area contributed by atoms with E-state index in [1.54, 1.807) is 4.90 Å². The van der Waals surface area contributed by atoms with Gasteiger partial charge in [0.15, 0.2) is 0 Å². The van der Waals surface area contributed by atoms with Crippen LogP contribution in [0.3, 0.4) is 0 Å². The number of urea groups is 1. The highest BCUT2D eigenvalue weighted by Gasteiger charge is 2.24. The third-order valence-electron chi connectivity index (χ3n) is 3.58. The second-order valence-electron chi connectivity index (χ2n) is 5.14. The fourth-order valence-corrected chi connectivity index (χ4v) is 2.41. The summed E-state index contributed by atoms with van der Waals surface area (Å²) in [5, 5.41) is 11.4. The molecule has 1 aromatic rings. The fourth-order valence-electron chi connectivity index (χ4n) is 2.41. The van der Waals surface area contributed by atoms with Crippen molar-refractivity contribution in [1.82, 2.24) is 5.32 Å². The molecular weight excluding hydrogens is 270 g/mol. The lowest BCUT2D eigenvalue weighted by molar-refractivity contribution is -0.137. The number of amides is 2. The van der Waals surface area contributed by atoms with E-state index >= 15 is 0 Å². The van der Waals surface area contributed by atoms with Crippen LogP contribution in [0.25, 0.3) is 0 Å². The number of likely N-dealkylation sites (N-methyl/N-ethyl adjacent to an activating group) is 1. The number of hydrogen-bond donors (Lipinski definition) is 2. The number of carbonyl (C=O) groups is 2. The van der Waals surface area contributed by atoms with Gasteiger partial charge in [-0.15, -0.1) is 0 Å². The number of anilines is 2. The number of para-hydroxylation sites is 2. The molecule has 0 radical (unpaired) electrons. The Kier molecular flexibility index (Phi) is 5.03. The standard InChI is InChI=1S/C15H21N3O3/c1-17-10-11-18(13-7-3-2-6-12(13)17)15(21)16-9-5-4-8-14(19)20/h2-3,6-7H,4-5,8-11H2,1H3,(H,16,21)(H,19,20). The van der Waals surface area contributed by atoms with Gasteiger partial charge in [-0.05, 0) is 25.0 Å². The number of rotatable bonds is 5. The molecule has 114 valence electrons. The average molecular weight is 291 g/mol. The predicted molar refractivity (Wildman–Crippen MR) is 81.9 cm³/mol. The quantitative estimate of drug-likeness (QED) is 0.813. The van der Waals surface area contributed by atoms with Gasteiger partial charge in [-0.2, -0.15) is 0 Å². The molecule has 0 fully saturated rings. The molecule has 2 N–H and O–H groups in total. The fraction of sp³-hybridized carbons (Fsp3) is 0.467. The zero-order valence-electron chi connectivity index (χ0n) is 12.2. The van der Waals surface area contributed by atoms with Crippen molar-refractivity contribution in [3.63, 3.8) is 0 Å². The van der Waals surface area contributed by atoms with E-state index in [9.17, 15) is 9.59 Å². The van der Waals surface area contributed by atoms with E-state index in [1.807, 2.05) is 31.3 Å². The van der Waals surface area contributed by atoms with Crippen LogP contribution in [-0.4, -0.2) is 43.8 Å². The van der Waals surface area contributed by atoms with Gasteiger partial charge in [-0.25, -0.2) is 4.79 Å². The third kappa shape index (κ3) is 3.87. The zero-order chi connectivity index (χ0) is 15.2. The lowest BCUT2D eigenvalue weighted by Crippen LogP contribution is -2.47. The Hall–Kier alpha value is -2.24. The smallest absolute Gasteiger partial charge is 0.322 e. The molecule has 0 saturated heterocycles. The molecular formula is C15H21N3O3. The van der Waals surface area contributed by atoms with Gasteiger partial charge in [0.2, 0.25) is 0 Å². The summed E-state index contributed by atoms with van der Waals surface area (Å²) < 4.78 is 0. The van der Waals surface area contributed by atoms with Crippen molar-refractivity contribution in [3.8, 4) is 0 Å². The van der Waals surface area contributed by atoms with Crippen LogP contribution in [0.1, 0.15) is 19.3 Å². The Labute approximate surface area is 124 Å². The summed E-state index contributed by atoms with van der Waals surface area (Å²) in [4.78, 5) is 26.5. The molecule has 2 rings (SSSR count). The van der Waals surface area contributed by atoms with Crippen molar-refractivity contribution < 1.29 is 14.7 Å². The second-order valence-corrected chi connectivity index (χ2v) is 5.14. The van der Waals surface area contributed by atoms with Crippen LogP contribution in [-0.2, 0) is 4.79 Å². The van der Waals surface area contributed by atoms with Gasteiger partial charge in [0.1, 0.15) is 0 Å². The minimum absolute atomic E-state index is 0.120. The van der Waals surface area contributed by atoms with Crippen LogP contribution in [0.4, 0.5) is 16.2 Å². The van der Waals surface area contributed by atoms with Gasteiger partial charge in [0, 0.05) is 33.1 Å². The lowest BCUT2D eigenvalue weighted by atomic mass is 10.2. The third-order valence-corrected chi connectivity index (χ3v) is 3.58. The van der Waals surface area contributed by atoms with Gasteiger partial charge in [-0.3, -0.25) is 9.69 Å². The van der Waals surface area contributed by atoms with Crippen molar-refractivity contribution in [2.24, 2.45) is 0 Å². The first kappa shape index (κ1) is 15.2. The van der Waals surface area contributed by atoms with Crippen molar-refractivity contribution in [1.29, 1.82) is 0 Å². The molecule has 6 nitrogen and oxygen atoms in total. The number of carboxylic acid groups (broad SMARTS) is 1. The van der Waals surface area contributed by atoms with E-state index in [-0.39, 0.29) is 12.5 Å². The lowest BCUT2D eigenvalue weighted by Gasteiger charge is -2.35. The molecule has 6 heteroatoms. The molecule has 0 spiro atoms. The first-order chi connectivity index (χ1) is 10.1. The van der Waals surface area contributed by atoms with Crippen LogP contribution < -0.4 is 15.1 Å². The minimum atomic E-state index is -0.797. The van der Waals surface area contributed by atoms with E-state index < -0.39 is 5.97 Å². The minimum Gasteiger partial charge on any atom is -0.481 e. The SMILES string of the molecule is CN1CCN(C(=O)NCCCCC(=O)O)c2ccccc21. The summed E-state index contributed by atoms with van der Waals surface area (Å²) in [6, 6.07) is 7.70. The molecule has 1 aliphatic rings. The second kappa shape index (κ2) is 6.97. The van der Waals surface area contributed by atoms with Crippen molar-refractivity contribution >= 4 is 23.4 Å². The largest absolute Gasteiger partial charge is 0.481 e. The summed E-state index contributed by atoms with van der Waals surface area (Å²) in [7, 11) is 2.01. The highest BCUT2D eigenvalue weighted by atomic mass is 16.4. The Morgan fingerprint density at radius 2 is 1.90 bits per heavy atom. The molecule has 0 saturated carbocycles. The van der Waals surface area contributed by atoms with Gasteiger partial charge in [0.25, 0.3) is 0 Å². The first-order valence-corrected chi connectivity index (χ1v) is 7.17. The molecule has 21 heavy (non-hydrogen) atoms. The maximum absolute atomic E-state index is 12.2. The monoisotopic (exact) mass is 291 g/mol. The molecule has 0 aliphatic carbocycles. The molecule has 1 heterocycles. The Morgan fingerprint density at radius 3 is 2.62 bits per heavy atom. The van der Waals surface area contributed by atoms with Gasteiger partial charge in [-0.1, -0.05) is 12.1 Å². The van der Waals surface area contributed by atoms with Crippen LogP contribution in [0.5, 0.6) is 0 Å². The van der Waals surface area contributed by atoms with E-state index in [0.717, 1.165) is 17.9 Å². The molecule has 2 amide bonds. The first-order valence-electron chi connectivity index (χ1n) is 7.17. The molecule has 0 bridgehead atoms. The number of aliphatic carboxylic acids is 1. The van der Waals surface area contributed by atoms with Crippen molar-refractivity contribution in [3.05, 3.63) is 24.3 Å². The number of hydrogen-bond acceptors (Lipinski definition) is 3. The van der Waals surface area contributed by atoms with Gasteiger partial charge in [0.05, 0.1) is 11.4 Å². The van der Waals surface area contributed by atoms with E-state index in [2.05, 4.69) is 10.2 Å². The average Bonchev–Trinajstić information content (AvgIpc) is 2.47. The highest BCUT2D eigenvalue weighted by molar-refractivity contribution is 5.96. The maximum atomic E-state index is 12.2. The number of nitrogens with one attached hydrogen (secondary N) is 1. The summed E-state index contributed by atoms with van der Waals surface area (Å²) in [6.45, 7) is 1.94. The Balaban J connectivity index is 1.89. The van der Waals surface area contributed by atoms with E-state index in [1.165, 1.54) is 0 Å². The van der Waals surface area contributed by atoms with Gasteiger partial charge >= 0.3 is 12.0 Å². The Bertz CT molecular complexity index is 519. The summed E-state index contributed by atoms with van der Waals surface area (Å²) in [5.74, 6) is -0.797. The van der Waals surface area contributed by atoms with Crippen molar-refractivity contribution in [2.75, 3.05) is 36.5 Å². The van der Waals surface area contributed by atoms with Crippen LogP contribution in [0.2, 0.25) is 0 Å². The number of carboxylic acids is 1. The zero-order valence-corrected chi connectivity index (χ0v) is 12.2. The number of benzene rings is 1. The van der Waals surface area contributed by atoms with Gasteiger partial charge < -0.3 is 15.3 Å². The number of unbranched alkanes of at least 4 members (excludes halogenated alkanes) is 1. The van der Waals surface area contributed by atoms with E-state index in [4.69, 9.17) is 5.11 Å². The number of nitrogens with zero attached hydrogens (tertiary/aromatic N) is 2. The van der Waals surface area contributed by atoms with Crippen LogP contribution >= 0.6 is 0 Å². The molecule has 0 aromatic heterocycles. The topological polar surface area (TPSA) is 72.9 Å². The summed E-state index contributed by atoms with van der Waals surface area (Å²) in [5.41, 5.74) is 1.96. The molecule has 0 unspecified atom stereocenters. The van der Waals surface area contributed by atoms with Crippen molar-refractivity contribution in [2.45, 2.75) is 19.3 Å². The summed E-state index contributed by atoms with van der Waals surface area (Å²) >= 11 is 0. The Morgan fingerprint density at radius 1 is 1.19 bits per heavy atom. The van der Waals surface area contributed by atoms with Crippen LogP contribution in [0.15, 0.2) is 24.3 Å². The highest BCUT2D eigenvalue weighted by Crippen LogP contribution is 2.31. The van der Waals surface area contributed by atoms with Crippen LogP contribution in [0, 0.1) is 0 Å².